The van der Waals surface area contributed by atoms with Crippen LogP contribution >= 0.6 is 45.3 Å². The number of hydrogen-bond donors (Lipinski definition) is 0. The Labute approximate surface area is 103 Å². The van der Waals surface area contributed by atoms with Crippen molar-refractivity contribution in [1.29, 1.82) is 0 Å². The van der Waals surface area contributed by atoms with Gasteiger partial charge in [-0.15, -0.1) is 22.7 Å². The molecule has 0 saturated carbocycles. The first-order valence-electron chi connectivity index (χ1n) is 4.06. The van der Waals surface area contributed by atoms with E-state index in [4.69, 9.17) is 4.74 Å². The summed E-state index contributed by atoms with van der Waals surface area (Å²) >= 11 is 5.57. The minimum atomic E-state index is -0.215. The summed E-state index contributed by atoms with van der Waals surface area (Å²) in [4.78, 5) is 11.5. The molecule has 0 aliphatic heterocycles. The van der Waals surface area contributed by atoms with E-state index in [1.165, 1.54) is 6.90 Å². The first-order valence-corrected chi connectivity index (χ1v) is 6.83. The summed E-state index contributed by atoms with van der Waals surface area (Å²) in [7, 11) is 0. The van der Waals surface area contributed by atoms with Gasteiger partial charge in [-0.3, -0.25) is 0 Å². The van der Waals surface area contributed by atoms with Gasteiger partial charge in [-0.2, -0.15) is 0 Å². The molecule has 0 aliphatic carbocycles. The van der Waals surface area contributed by atoms with Crippen LogP contribution in [0.3, 0.4) is 0 Å². The van der Waals surface area contributed by atoms with Gasteiger partial charge < -0.3 is 4.74 Å². The molecule has 2 aromatic heterocycles. The van der Waals surface area contributed by atoms with Gasteiger partial charge in [0, 0.05) is 10.8 Å². The van der Waals surface area contributed by atoms with E-state index in [1.54, 1.807) is 22.7 Å². The molecule has 0 amide bonds. The summed E-state index contributed by atoms with van der Waals surface area (Å²) in [6.07, 6.45) is 0. The van der Waals surface area contributed by atoms with Gasteiger partial charge in [0.2, 0.25) is 0 Å². The minimum absolute atomic E-state index is 0.215. The average molecular weight is 338 g/mol. The van der Waals surface area contributed by atoms with Crippen molar-refractivity contribution in [3.8, 4) is 0 Å². The molecule has 0 unspecified atom stereocenters. The molecule has 0 aromatic carbocycles. The molecule has 2 aromatic rings. The van der Waals surface area contributed by atoms with Crippen LogP contribution in [0, 0.1) is 2.88 Å². The molecule has 14 heavy (non-hydrogen) atoms. The maximum atomic E-state index is 11.5. The van der Waals surface area contributed by atoms with Crippen molar-refractivity contribution in [1.82, 2.24) is 0 Å². The summed E-state index contributed by atoms with van der Waals surface area (Å²) in [5.41, 5.74) is 0.700. The molecule has 0 radical (unpaired) electrons. The van der Waals surface area contributed by atoms with Crippen LogP contribution in [-0.2, 0) is 4.74 Å². The highest BCUT2D eigenvalue weighted by Crippen LogP contribution is 2.34. The standard InChI is InChI=1S/C9H7IO2S2/c1-2-12-8(11)6-4-13-9-5(6)3-7(10)14-9/h3-4H,2H2,1H3. The lowest BCUT2D eigenvalue weighted by Gasteiger charge is -1.97. The van der Waals surface area contributed by atoms with Crippen molar-refractivity contribution < 1.29 is 9.53 Å². The molecule has 0 spiro atoms. The van der Waals surface area contributed by atoms with Crippen LogP contribution in [0.4, 0.5) is 0 Å². The fourth-order valence-corrected chi connectivity index (χ4v) is 4.57. The van der Waals surface area contributed by atoms with Crippen LogP contribution in [0.1, 0.15) is 17.3 Å². The van der Waals surface area contributed by atoms with Gasteiger partial charge in [0.15, 0.2) is 0 Å². The van der Waals surface area contributed by atoms with Crippen molar-refractivity contribution in [2.75, 3.05) is 6.61 Å². The average Bonchev–Trinajstić information content (AvgIpc) is 2.62. The van der Waals surface area contributed by atoms with Gasteiger partial charge in [-0.1, -0.05) is 0 Å². The number of halogens is 1. The van der Waals surface area contributed by atoms with Crippen molar-refractivity contribution >= 4 is 60.6 Å². The lowest BCUT2D eigenvalue weighted by atomic mass is 10.2. The Morgan fingerprint density at radius 3 is 3.14 bits per heavy atom. The predicted molar refractivity (Wildman–Crippen MR) is 68.4 cm³/mol. The lowest BCUT2D eigenvalue weighted by Crippen LogP contribution is -2.02. The van der Waals surface area contributed by atoms with E-state index >= 15 is 0 Å². The van der Waals surface area contributed by atoms with Gasteiger partial charge in [0.05, 0.1) is 19.1 Å². The SMILES string of the molecule is CCOC(=O)c1csc2sc(I)cc12. The Kier molecular flexibility index (Phi) is 3.08. The molecule has 2 heterocycles. The highest BCUT2D eigenvalue weighted by Gasteiger charge is 2.14. The number of thiophene rings is 2. The molecule has 0 bridgehead atoms. The third-order valence-corrected chi connectivity index (χ3v) is 4.75. The first-order chi connectivity index (χ1) is 6.72. The second-order valence-corrected chi connectivity index (χ2v) is 6.71. The molecule has 74 valence electrons. The van der Waals surface area contributed by atoms with Crippen LogP contribution in [0.25, 0.3) is 9.40 Å². The number of esters is 1. The van der Waals surface area contributed by atoms with Gasteiger partial charge in [0.1, 0.15) is 0 Å². The zero-order valence-corrected chi connectivity index (χ0v) is 11.2. The summed E-state index contributed by atoms with van der Waals surface area (Å²) in [5.74, 6) is -0.215. The smallest absolute Gasteiger partial charge is 0.339 e. The largest absolute Gasteiger partial charge is 0.462 e. The minimum Gasteiger partial charge on any atom is -0.462 e. The Hall–Kier alpha value is -0.140. The lowest BCUT2D eigenvalue weighted by molar-refractivity contribution is 0.0529. The normalized spacial score (nSPS) is 10.7. The molecular weight excluding hydrogens is 331 g/mol. The molecule has 0 saturated heterocycles. The topological polar surface area (TPSA) is 26.3 Å². The van der Waals surface area contributed by atoms with Crippen LogP contribution in [-0.4, -0.2) is 12.6 Å². The van der Waals surface area contributed by atoms with Crippen molar-refractivity contribution in [2.24, 2.45) is 0 Å². The molecule has 0 atom stereocenters. The van der Waals surface area contributed by atoms with Gasteiger partial charge in [-0.25, -0.2) is 4.79 Å². The van der Waals surface area contributed by atoms with Gasteiger partial charge in [0.25, 0.3) is 0 Å². The number of fused-ring (bicyclic) bond motifs is 1. The van der Waals surface area contributed by atoms with Crippen LogP contribution in [0.2, 0.25) is 0 Å². The molecular formula is C9H7IO2S2. The van der Waals surface area contributed by atoms with Gasteiger partial charge in [-0.05, 0) is 35.6 Å². The van der Waals surface area contributed by atoms with Gasteiger partial charge >= 0.3 is 5.97 Å². The number of carbonyl (C=O) groups is 1. The maximum absolute atomic E-state index is 11.5. The monoisotopic (exact) mass is 338 g/mol. The Morgan fingerprint density at radius 2 is 2.43 bits per heavy atom. The van der Waals surface area contributed by atoms with Crippen LogP contribution in [0.15, 0.2) is 11.4 Å². The molecule has 0 N–H and O–H groups in total. The van der Waals surface area contributed by atoms with Crippen molar-refractivity contribution in [3.05, 3.63) is 19.9 Å². The molecule has 0 aliphatic rings. The third kappa shape index (κ3) is 1.80. The Bertz CT molecular complexity index is 472. The van der Waals surface area contributed by atoms with Crippen LogP contribution in [0.5, 0.6) is 0 Å². The molecule has 5 heteroatoms. The molecule has 0 fully saturated rings. The van der Waals surface area contributed by atoms with E-state index in [9.17, 15) is 4.79 Å². The quantitative estimate of drug-likeness (QED) is 0.616. The van der Waals surface area contributed by atoms with E-state index in [0.717, 1.165) is 5.39 Å². The Morgan fingerprint density at radius 1 is 1.64 bits per heavy atom. The van der Waals surface area contributed by atoms with E-state index in [0.29, 0.717) is 12.2 Å². The van der Waals surface area contributed by atoms with Crippen LogP contribution < -0.4 is 0 Å². The number of ether oxygens (including phenoxy) is 1. The highest BCUT2D eigenvalue weighted by atomic mass is 127. The highest BCUT2D eigenvalue weighted by molar-refractivity contribution is 14.1. The second kappa shape index (κ2) is 4.16. The van der Waals surface area contributed by atoms with E-state index in [1.807, 2.05) is 18.4 Å². The summed E-state index contributed by atoms with van der Waals surface area (Å²) < 4.78 is 7.37. The van der Waals surface area contributed by atoms with E-state index in [2.05, 4.69) is 22.6 Å². The second-order valence-electron chi connectivity index (χ2n) is 2.62. The summed E-state index contributed by atoms with van der Waals surface area (Å²) in [5, 5.41) is 2.90. The van der Waals surface area contributed by atoms with E-state index < -0.39 is 0 Å². The fourth-order valence-electron chi connectivity index (χ4n) is 1.16. The van der Waals surface area contributed by atoms with Crippen molar-refractivity contribution in [2.45, 2.75) is 6.92 Å². The van der Waals surface area contributed by atoms with Crippen molar-refractivity contribution in [3.63, 3.8) is 0 Å². The molecule has 2 nitrogen and oxygen atoms in total. The number of hydrogen-bond acceptors (Lipinski definition) is 4. The zero-order chi connectivity index (χ0) is 10.1. The molecule has 2 rings (SSSR count). The summed E-state index contributed by atoms with van der Waals surface area (Å²) in [6.45, 7) is 2.25. The Balaban J connectivity index is 2.46. The predicted octanol–water partition coefficient (Wildman–Crippen LogP) is 3.74. The third-order valence-electron chi connectivity index (χ3n) is 1.74. The number of carbonyl (C=O) groups excluding carboxylic acids is 1. The fraction of sp³-hybridized carbons (Fsp3) is 0.222. The maximum Gasteiger partial charge on any atom is 0.339 e. The number of rotatable bonds is 2. The first kappa shape index (κ1) is 10.4. The summed E-state index contributed by atoms with van der Waals surface area (Å²) in [6, 6.07) is 2.03. The van der Waals surface area contributed by atoms with E-state index in [-0.39, 0.29) is 5.97 Å². The zero-order valence-electron chi connectivity index (χ0n) is 7.37.